The van der Waals surface area contributed by atoms with Crippen LogP contribution in [0.5, 0.6) is 0 Å². The topological polar surface area (TPSA) is 59.2 Å². The highest BCUT2D eigenvalue weighted by Gasteiger charge is 2.33. The van der Waals surface area contributed by atoms with Crippen molar-refractivity contribution in [1.29, 1.82) is 0 Å². The van der Waals surface area contributed by atoms with Gasteiger partial charge in [-0.2, -0.15) is 0 Å². The number of carbonyl (C=O) groups is 1. The highest BCUT2D eigenvalue weighted by Crippen LogP contribution is 2.23. The Balaban J connectivity index is 0.00000220. The third-order valence-corrected chi connectivity index (χ3v) is 4.38. The lowest BCUT2D eigenvalue weighted by atomic mass is 9.92. The van der Waals surface area contributed by atoms with Gasteiger partial charge in [-0.1, -0.05) is 28.1 Å². The summed E-state index contributed by atoms with van der Waals surface area (Å²) in [6, 6.07) is 7.49. The molecule has 1 aromatic heterocycles. The Morgan fingerprint density at radius 2 is 1.95 bits per heavy atom. The maximum Gasteiger partial charge on any atom is 0.247 e. The van der Waals surface area contributed by atoms with Gasteiger partial charge < -0.3 is 10.6 Å². The maximum absolute atomic E-state index is 12.5. The fourth-order valence-electron chi connectivity index (χ4n) is 1.92. The van der Waals surface area contributed by atoms with Crippen LogP contribution in [0.3, 0.4) is 0 Å². The number of likely N-dealkylation sites (N-methyl/N-ethyl adjacent to an activating group) is 1. The molecule has 1 heterocycles. The van der Waals surface area contributed by atoms with E-state index in [4.69, 9.17) is 5.73 Å². The van der Waals surface area contributed by atoms with Crippen LogP contribution in [0, 0.1) is 0 Å². The number of thiazole rings is 1. The summed E-state index contributed by atoms with van der Waals surface area (Å²) >= 11 is 4.90. The van der Waals surface area contributed by atoms with E-state index in [2.05, 4.69) is 20.9 Å². The van der Waals surface area contributed by atoms with Crippen molar-refractivity contribution in [3.05, 3.63) is 50.9 Å². The average molecular weight is 427 g/mol. The van der Waals surface area contributed by atoms with Gasteiger partial charge in [-0.3, -0.25) is 4.79 Å². The first-order chi connectivity index (χ1) is 9.41. The zero-order valence-electron chi connectivity index (χ0n) is 12.2. The summed E-state index contributed by atoms with van der Waals surface area (Å²) in [6.45, 7) is 2.21. The van der Waals surface area contributed by atoms with Crippen LogP contribution < -0.4 is 5.73 Å². The van der Waals surface area contributed by atoms with E-state index >= 15 is 0 Å². The predicted molar refractivity (Wildman–Crippen MR) is 98.8 cm³/mol. The summed E-state index contributed by atoms with van der Waals surface area (Å²) < 4.78 is 0.959. The first-order valence-electron chi connectivity index (χ1n) is 6.10. The molecule has 1 aromatic carbocycles. The van der Waals surface area contributed by atoms with Crippen molar-refractivity contribution < 1.29 is 4.79 Å². The van der Waals surface area contributed by atoms with Crippen molar-refractivity contribution in [2.45, 2.75) is 19.0 Å². The van der Waals surface area contributed by atoms with E-state index in [1.165, 1.54) is 11.3 Å². The van der Waals surface area contributed by atoms with E-state index in [0.717, 1.165) is 15.0 Å². The van der Waals surface area contributed by atoms with Crippen molar-refractivity contribution >= 4 is 58.0 Å². The Labute approximate surface area is 155 Å². The monoisotopic (exact) mass is 425 g/mol. The van der Waals surface area contributed by atoms with E-state index in [1.807, 2.05) is 29.6 Å². The Morgan fingerprint density at radius 1 is 1.36 bits per heavy atom. The maximum atomic E-state index is 12.5. The molecule has 0 aliphatic rings. The lowest BCUT2D eigenvalue weighted by Gasteiger charge is -2.29. The number of benzene rings is 1. The highest BCUT2D eigenvalue weighted by atomic mass is 79.9. The molecule has 1 unspecified atom stereocenters. The molecule has 0 saturated carbocycles. The number of halogens is 3. The molecular formula is C14H18BrCl2N3OS. The van der Waals surface area contributed by atoms with Crippen LogP contribution in [-0.4, -0.2) is 22.8 Å². The van der Waals surface area contributed by atoms with Crippen LogP contribution in [0.4, 0.5) is 0 Å². The van der Waals surface area contributed by atoms with E-state index in [-0.39, 0.29) is 30.7 Å². The van der Waals surface area contributed by atoms with E-state index < -0.39 is 5.54 Å². The molecule has 0 saturated heterocycles. The fourth-order valence-corrected chi connectivity index (χ4v) is 2.85. The van der Waals surface area contributed by atoms with Crippen LogP contribution in [0.2, 0.25) is 0 Å². The smallest absolute Gasteiger partial charge is 0.247 e. The lowest BCUT2D eigenvalue weighted by molar-refractivity contribution is -0.136. The fraction of sp³-hybridized carbons (Fsp3) is 0.286. The molecule has 1 amide bonds. The Bertz CT molecular complexity index is 591. The van der Waals surface area contributed by atoms with Gasteiger partial charge in [-0.05, 0) is 24.6 Å². The molecule has 22 heavy (non-hydrogen) atoms. The molecule has 0 bridgehead atoms. The van der Waals surface area contributed by atoms with Crippen LogP contribution in [0.25, 0.3) is 0 Å². The number of rotatable bonds is 4. The molecule has 122 valence electrons. The molecule has 2 aromatic rings. The number of aromatic nitrogens is 1. The second kappa shape index (κ2) is 8.84. The van der Waals surface area contributed by atoms with Crippen LogP contribution in [0.15, 0.2) is 40.3 Å². The SMILES string of the molecule is CN(Cc1nccs1)C(=O)C(C)(N)c1ccc(Br)cc1.Cl.Cl. The van der Waals surface area contributed by atoms with Gasteiger partial charge in [0.05, 0.1) is 6.54 Å². The normalized spacial score (nSPS) is 12.5. The van der Waals surface area contributed by atoms with Gasteiger partial charge in [0.25, 0.3) is 0 Å². The van der Waals surface area contributed by atoms with Gasteiger partial charge in [0.2, 0.25) is 5.91 Å². The second-order valence-corrected chi connectivity index (χ2v) is 6.69. The molecule has 1 atom stereocenters. The zero-order valence-corrected chi connectivity index (χ0v) is 16.2. The molecule has 0 fully saturated rings. The molecule has 4 nitrogen and oxygen atoms in total. The van der Waals surface area contributed by atoms with Gasteiger partial charge in [-0.25, -0.2) is 4.98 Å². The second-order valence-electron chi connectivity index (χ2n) is 4.80. The Morgan fingerprint density at radius 3 is 2.45 bits per heavy atom. The van der Waals surface area contributed by atoms with E-state index in [9.17, 15) is 4.79 Å². The molecular weight excluding hydrogens is 409 g/mol. The number of hydrogen-bond acceptors (Lipinski definition) is 4. The molecule has 0 aliphatic carbocycles. The van der Waals surface area contributed by atoms with Gasteiger partial charge in [-0.15, -0.1) is 36.2 Å². The van der Waals surface area contributed by atoms with E-state index in [1.54, 1.807) is 25.1 Å². The van der Waals surface area contributed by atoms with Crippen LogP contribution >= 0.6 is 52.1 Å². The summed E-state index contributed by atoms with van der Waals surface area (Å²) in [5.41, 5.74) is 5.98. The molecule has 0 radical (unpaired) electrons. The van der Waals surface area contributed by atoms with Gasteiger partial charge in [0.15, 0.2) is 0 Å². The predicted octanol–water partition coefficient (Wildman–Crippen LogP) is 3.58. The molecule has 0 aliphatic heterocycles. The number of hydrogen-bond donors (Lipinski definition) is 1. The summed E-state index contributed by atoms with van der Waals surface area (Å²) in [6.07, 6.45) is 1.73. The van der Waals surface area contributed by atoms with Gasteiger partial charge >= 0.3 is 0 Å². The highest BCUT2D eigenvalue weighted by molar-refractivity contribution is 9.10. The summed E-state index contributed by atoms with van der Waals surface area (Å²) in [5, 5.41) is 2.79. The average Bonchev–Trinajstić information content (AvgIpc) is 2.91. The third kappa shape index (κ3) is 4.93. The standard InChI is InChI=1S/C14H16BrN3OS.2ClH/c1-14(16,10-3-5-11(15)6-4-10)13(19)18(2)9-12-17-7-8-20-12;;/h3-8H,9,16H2,1-2H3;2*1H. The zero-order chi connectivity index (χ0) is 14.8. The summed E-state index contributed by atoms with van der Waals surface area (Å²) in [4.78, 5) is 18.3. The molecule has 2 rings (SSSR count). The first-order valence-corrected chi connectivity index (χ1v) is 7.77. The minimum atomic E-state index is -1.05. The summed E-state index contributed by atoms with van der Waals surface area (Å²) in [5.74, 6) is -0.130. The molecule has 0 spiro atoms. The Hall–Kier alpha value is -0.660. The van der Waals surface area contributed by atoms with Crippen LogP contribution in [-0.2, 0) is 16.9 Å². The van der Waals surface area contributed by atoms with Crippen molar-refractivity contribution in [1.82, 2.24) is 9.88 Å². The molecule has 8 heteroatoms. The van der Waals surface area contributed by atoms with Crippen LogP contribution in [0.1, 0.15) is 17.5 Å². The van der Waals surface area contributed by atoms with Crippen molar-refractivity contribution in [3.8, 4) is 0 Å². The number of amides is 1. The number of nitrogens with zero attached hydrogens (tertiary/aromatic N) is 2. The van der Waals surface area contributed by atoms with Crippen molar-refractivity contribution in [2.75, 3.05) is 7.05 Å². The third-order valence-electron chi connectivity index (χ3n) is 3.09. The largest absolute Gasteiger partial charge is 0.337 e. The number of nitrogens with two attached hydrogens (primary N) is 1. The minimum absolute atomic E-state index is 0. The van der Waals surface area contributed by atoms with E-state index in [0.29, 0.717) is 6.54 Å². The quantitative estimate of drug-likeness (QED) is 0.812. The van der Waals surface area contributed by atoms with Gasteiger partial charge in [0, 0.05) is 23.1 Å². The lowest BCUT2D eigenvalue weighted by Crippen LogP contribution is -2.49. The van der Waals surface area contributed by atoms with Gasteiger partial charge in [0.1, 0.15) is 10.5 Å². The number of carbonyl (C=O) groups excluding carboxylic acids is 1. The van der Waals surface area contributed by atoms with Crippen molar-refractivity contribution in [2.24, 2.45) is 5.73 Å². The van der Waals surface area contributed by atoms with Crippen molar-refractivity contribution in [3.63, 3.8) is 0 Å². The first kappa shape index (κ1) is 21.3. The molecule has 2 N–H and O–H groups in total. The Kier molecular flexibility index (Phi) is 8.57. The minimum Gasteiger partial charge on any atom is -0.337 e. The summed E-state index contributed by atoms with van der Waals surface area (Å²) in [7, 11) is 1.74.